The Hall–Kier alpha value is -0.910. The Morgan fingerprint density at radius 2 is 2.06 bits per heavy atom. The standard InChI is InChI=1S/C12H7ClF2OS2/c13-12-4-3-11(18-12)9(16)6-17-10-2-1-7(14)5-8(10)15/h1-5H,6H2. The van der Waals surface area contributed by atoms with Gasteiger partial charge in [0.25, 0.3) is 0 Å². The molecule has 0 atom stereocenters. The second-order valence-electron chi connectivity index (χ2n) is 3.39. The van der Waals surface area contributed by atoms with Gasteiger partial charge in [-0.1, -0.05) is 11.6 Å². The van der Waals surface area contributed by atoms with Crippen molar-refractivity contribution in [1.29, 1.82) is 0 Å². The van der Waals surface area contributed by atoms with Crippen molar-refractivity contribution in [3.05, 3.63) is 51.2 Å². The first-order valence-electron chi connectivity index (χ1n) is 4.92. The van der Waals surface area contributed by atoms with Crippen LogP contribution in [0.4, 0.5) is 8.78 Å². The number of halogens is 3. The first-order valence-corrected chi connectivity index (χ1v) is 7.10. The highest BCUT2D eigenvalue weighted by Gasteiger charge is 2.11. The predicted octanol–water partition coefficient (Wildman–Crippen LogP) is 4.65. The zero-order valence-corrected chi connectivity index (χ0v) is 11.3. The van der Waals surface area contributed by atoms with Crippen LogP contribution in [0.3, 0.4) is 0 Å². The number of rotatable bonds is 4. The summed E-state index contributed by atoms with van der Waals surface area (Å²) >= 11 is 7.95. The third-order valence-electron chi connectivity index (χ3n) is 2.10. The lowest BCUT2D eigenvalue weighted by Crippen LogP contribution is -1.99. The average Bonchev–Trinajstić information content (AvgIpc) is 2.74. The van der Waals surface area contributed by atoms with Crippen LogP contribution in [0.1, 0.15) is 9.67 Å². The van der Waals surface area contributed by atoms with Gasteiger partial charge in [-0.05, 0) is 24.3 Å². The van der Waals surface area contributed by atoms with Gasteiger partial charge in [0.2, 0.25) is 0 Å². The van der Waals surface area contributed by atoms with E-state index in [1.165, 1.54) is 17.4 Å². The second kappa shape index (κ2) is 5.82. The maximum absolute atomic E-state index is 13.3. The molecule has 94 valence electrons. The summed E-state index contributed by atoms with van der Waals surface area (Å²) in [4.78, 5) is 12.5. The Labute approximate surface area is 116 Å². The van der Waals surface area contributed by atoms with Crippen LogP contribution in [0.15, 0.2) is 35.2 Å². The van der Waals surface area contributed by atoms with E-state index in [-0.39, 0.29) is 16.4 Å². The number of hydrogen-bond donors (Lipinski definition) is 0. The highest BCUT2D eigenvalue weighted by atomic mass is 35.5. The van der Waals surface area contributed by atoms with E-state index < -0.39 is 11.6 Å². The zero-order chi connectivity index (χ0) is 13.1. The van der Waals surface area contributed by atoms with E-state index in [2.05, 4.69) is 0 Å². The predicted molar refractivity (Wildman–Crippen MR) is 70.7 cm³/mol. The van der Waals surface area contributed by atoms with Crippen molar-refractivity contribution in [1.82, 2.24) is 0 Å². The van der Waals surface area contributed by atoms with Gasteiger partial charge in [-0.3, -0.25) is 4.79 Å². The Kier molecular flexibility index (Phi) is 4.37. The number of carbonyl (C=O) groups is 1. The number of hydrogen-bond acceptors (Lipinski definition) is 3. The van der Waals surface area contributed by atoms with Gasteiger partial charge in [-0.15, -0.1) is 23.1 Å². The smallest absolute Gasteiger partial charge is 0.183 e. The maximum atomic E-state index is 13.3. The fraction of sp³-hybridized carbons (Fsp3) is 0.0833. The molecule has 18 heavy (non-hydrogen) atoms. The van der Waals surface area contributed by atoms with Crippen LogP contribution in [-0.4, -0.2) is 11.5 Å². The number of thioether (sulfide) groups is 1. The fourth-order valence-corrected chi connectivity index (χ4v) is 3.15. The van der Waals surface area contributed by atoms with Crippen LogP contribution in [0.5, 0.6) is 0 Å². The first-order chi connectivity index (χ1) is 8.56. The molecule has 1 aromatic carbocycles. The number of benzene rings is 1. The quantitative estimate of drug-likeness (QED) is 0.604. The average molecular weight is 305 g/mol. The van der Waals surface area contributed by atoms with Crippen LogP contribution < -0.4 is 0 Å². The first kappa shape index (κ1) is 13.5. The molecular formula is C12H7ClF2OS2. The lowest BCUT2D eigenvalue weighted by molar-refractivity contribution is 0.102. The van der Waals surface area contributed by atoms with Crippen molar-refractivity contribution < 1.29 is 13.6 Å². The molecule has 0 saturated carbocycles. The Bertz CT molecular complexity index is 583. The van der Waals surface area contributed by atoms with E-state index in [1.807, 2.05) is 0 Å². The highest BCUT2D eigenvalue weighted by Crippen LogP contribution is 2.26. The van der Waals surface area contributed by atoms with Crippen LogP contribution in [0.2, 0.25) is 4.34 Å². The van der Waals surface area contributed by atoms with Gasteiger partial charge in [-0.2, -0.15) is 0 Å². The molecule has 0 bridgehead atoms. The van der Waals surface area contributed by atoms with Gasteiger partial charge in [0.1, 0.15) is 11.6 Å². The van der Waals surface area contributed by atoms with Gasteiger partial charge in [0, 0.05) is 11.0 Å². The molecule has 0 saturated heterocycles. The molecule has 0 aliphatic rings. The van der Waals surface area contributed by atoms with Crippen molar-refractivity contribution in [2.24, 2.45) is 0 Å². The molecular weight excluding hydrogens is 298 g/mol. The molecule has 1 aromatic heterocycles. The Morgan fingerprint density at radius 3 is 2.67 bits per heavy atom. The normalized spacial score (nSPS) is 10.6. The van der Waals surface area contributed by atoms with Crippen molar-refractivity contribution >= 4 is 40.5 Å². The molecule has 0 N–H and O–H groups in total. The summed E-state index contributed by atoms with van der Waals surface area (Å²) in [6.07, 6.45) is 0. The lowest BCUT2D eigenvalue weighted by atomic mass is 10.3. The fourth-order valence-electron chi connectivity index (χ4n) is 1.27. The Morgan fingerprint density at radius 1 is 1.28 bits per heavy atom. The molecule has 0 unspecified atom stereocenters. The van der Waals surface area contributed by atoms with E-state index >= 15 is 0 Å². The van der Waals surface area contributed by atoms with Crippen molar-refractivity contribution in [3.8, 4) is 0 Å². The van der Waals surface area contributed by atoms with E-state index in [1.54, 1.807) is 12.1 Å². The molecule has 0 radical (unpaired) electrons. The maximum Gasteiger partial charge on any atom is 0.183 e. The summed E-state index contributed by atoms with van der Waals surface area (Å²) in [5.41, 5.74) is 0. The van der Waals surface area contributed by atoms with Gasteiger partial charge < -0.3 is 0 Å². The van der Waals surface area contributed by atoms with E-state index in [4.69, 9.17) is 11.6 Å². The third kappa shape index (κ3) is 3.31. The number of ketones is 1. The molecule has 0 spiro atoms. The SMILES string of the molecule is O=C(CSc1ccc(F)cc1F)c1ccc(Cl)s1. The summed E-state index contributed by atoms with van der Waals surface area (Å²) in [5.74, 6) is -1.31. The minimum atomic E-state index is -0.656. The minimum Gasteiger partial charge on any atom is -0.292 e. The minimum absolute atomic E-state index is 0.0966. The van der Waals surface area contributed by atoms with Gasteiger partial charge in [-0.25, -0.2) is 8.78 Å². The summed E-state index contributed by atoms with van der Waals surface area (Å²) in [7, 11) is 0. The molecule has 1 heterocycles. The molecule has 2 aromatic rings. The largest absolute Gasteiger partial charge is 0.292 e. The molecule has 2 rings (SSSR count). The molecule has 1 nitrogen and oxygen atoms in total. The van der Waals surface area contributed by atoms with Crippen molar-refractivity contribution in [2.45, 2.75) is 4.90 Å². The van der Waals surface area contributed by atoms with E-state index in [0.717, 1.165) is 23.9 Å². The summed E-state index contributed by atoms with van der Waals surface area (Å²) < 4.78 is 26.5. The Balaban J connectivity index is 2.01. The third-order valence-corrected chi connectivity index (χ3v) is 4.42. The van der Waals surface area contributed by atoms with E-state index in [0.29, 0.717) is 9.21 Å². The van der Waals surface area contributed by atoms with Crippen LogP contribution in [-0.2, 0) is 0 Å². The van der Waals surface area contributed by atoms with Crippen LogP contribution in [0, 0.1) is 11.6 Å². The van der Waals surface area contributed by atoms with Crippen molar-refractivity contribution in [3.63, 3.8) is 0 Å². The van der Waals surface area contributed by atoms with Gasteiger partial charge in [0.15, 0.2) is 5.78 Å². The van der Waals surface area contributed by atoms with Crippen LogP contribution >= 0.6 is 34.7 Å². The van der Waals surface area contributed by atoms with Crippen LogP contribution in [0.25, 0.3) is 0 Å². The molecule has 0 amide bonds. The summed E-state index contributed by atoms with van der Waals surface area (Å²) in [6.45, 7) is 0. The summed E-state index contributed by atoms with van der Waals surface area (Å²) in [6, 6.07) is 6.57. The molecule has 0 fully saturated rings. The highest BCUT2D eigenvalue weighted by molar-refractivity contribution is 8.00. The monoisotopic (exact) mass is 304 g/mol. The lowest BCUT2D eigenvalue weighted by Gasteiger charge is -2.01. The zero-order valence-electron chi connectivity index (χ0n) is 8.95. The molecule has 6 heteroatoms. The van der Waals surface area contributed by atoms with Gasteiger partial charge in [0.05, 0.1) is 15.0 Å². The van der Waals surface area contributed by atoms with E-state index in [9.17, 15) is 13.6 Å². The molecule has 0 aliphatic carbocycles. The second-order valence-corrected chi connectivity index (χ2v) is 6.12. The molecule has 0 aliphatic heterocycles. The topological polar surface area (TPSA) is 17.1 Å². The number of Topliss-reactive ketones (excluding diaryl/α,β-unsaturated/α-hetero) is 1. The number of thiophene rings is 1. The van der Waals surface area contributed by atoms with Crippen molar-refractivity contribution in [2.75, 3.05) is 5.75 Å². The van der Waals surface area contributed by atoms with Gasteiger partial charge >= 0.3 is 0 Å². The number of carbonyl (C=O) groups excluding carboxylic acids is 1. The summed E-state index contributed by atoms with van der Waals surface area (Å²) in [5, 5.41) is 0.